The monoisotopic (exact) mass is 272 g/mol. The van der Waals surface area contributed by atoms with Crippen molar-refractivity contribution in [2.24, 2.45) is 11.8 Å². The summed E-state index contributed by atoms with van der Waals surface area (Å²) in [5.74, 6) is 1.54. The fourth-order valence-electron chi connectivity index (χ4n) is 2.78. The number of para-hydroxylation sites is 1. The van der Waals surface area contributed by atoms with Crippen LogP contribution in [0.15, 0.2) is 24.3 Å². The number of hydrogen-bond acceptors (Lipinski definition) is 3. The summed E-state index contributed by atoms with van der Waals surface area (Å²) in [7, 11) is 0. The summed E-state index contributed by atoms with van der Waals surface area (Å²) in [6.07, 6.45) is 1.17. The Morgan fingerprint density at radius 2 is 2.00 bits per heavy atom. The molecule has 4 nitrogen and oxygen atoms in total. The van der Waals surface area contributed by atoms with Crippen molar-refractivity contribution in [3.63, 3.8) is 0 Å². The van der Waals surface area contributed by atoms with E-state index in [4.69, 9.17) is 10.00 Å². The van der Waals surface area contributed by atoms with Gasteiger partial charge in [-0.1, -0.05) is 26.0 Å². The Kier molecular flexibility index (Phi) is 4.62. The molecule has 0 unspecified atom stereocenters. The van der Waals surface area contributed by atoms with Gasteiger partial charge in [-0.05, 0) is 30.4 Å². The molecule has 2 atom stereocenters. The molecule has 1 saturated heterocycles. The van der Waals surface area contributed by atoms with Gasteiger partial charge in [-0.25, -0.2) is 0 Å². The molecule has 4 heteroatoms. The van der Waals surface area contributed by atoms with E-state index < -0.39 is 0 Å². The van der Waals surface area contributed by atoms with Gasteiger partial charge in [0.2, 0.25) is 0 Å². The fourth-order valence-corrected chi connectivity index (χ4v) is 2.78. The fraction of sp³-hybridized carbons (Fsp3) is 0.500. The van der Waals surface area contributed by atoms with Crippen LogP contribution in [0.1, 0.15) is 25.8 Å². The molecule has 1 aliphatic rings. The number of nitrogens with zero attached hydrogens (tertiary/aromatic N) is 2. The zero-order chi connectivity index (χ0) is 14.5. The van der Waals surface area contributed by atoms with Gasteiger partial charge in [-0.3, -0.25) is 4.79 Å². The van der Waals surface area contributed by atoms with E-state index in [-0.39, 0.29) is 12.5 Å². The van der Waals surface area contributed by atoms with Gasteiger partial charge in [0.1, 0.15) is 11.8 Å². The Bertz CT molecular complexity index is 511. The van der Waals surface area contributed by atoms with Crippen LogP contribution in [0.2, 0.25) is 0 Å². The van der Waals surface area contributed by atoms with Crippen LogP contribution >= 0.6 is 0 Å². The molecule has 0 radical (unpaired) electrons. The zero-order valence-corrected chi connectivity index (χ0v) is 12.0. The van der Waals surface area contributed by atoms with Gasteiger partial charge in [0, 0.05) is 13.1 Å². The second-order valence-corrected chi connectivity index (χ2v) is 5.64. The van der Waals surface area contributed by atoms with E-state index in [2.05, 4.69) is 19.9 Å². The minimum atomic E-state index is -0.00357. The van der Waals surface area contributed by atoms with Crippen LogP contribution in [0.4, 0.5) is 0 Å². The molecule has 1 aliphatic heterocycles. The average molecular weight is 272 g/mol. The Balaban J connectivity index is 1.94. The Hall–Kier alpha value is -2.02. The molecular weight excluding hydrogens is 252 g/mol. The number of nitriles is 1. The Labute approximate surface area is 120 Å². The highest BCUT2D eigenvalue weighted by atomic mass is 16.5. The number of piperidine rings is 1. The molecule has 0 saturated carbocycles. The molecule has 0 N–H and O–H groups in total. The van der Waals surface area contributed by atoms with E-state index in [0.717, 1.165) is 13.1 Å². The van der Waals surface area contributed by atoms with E-state index in [9.17, 15) is 4.79 Å². The summed E-state index contributed by atoms with van der Waals surface area (Å²) < 4.78 is 5.50. The Morgan fingerprint density at radius 1 is 1.35 bits per heavy atom. The van der Waals surface area contributed by atoms with Crippen molar-refractivity contribution in [2.45, 2.75) is 20.3 Å². The van der Waals surface area contributed by atoms with Crippen LogP contribution in [0.5, 0.6) is 5.75 Å². The van der Waals surface area contributed by atoms with E-state index in [1.54, 1.807) is 24.3 Å². The molecule has 1 aromatic carbocycles. The lowest BCUT2D eigenvalue weighted by Gasteiger charge is -2.34. The predicted octanol–water partition coefficient (Wildman–Crippen LogP) is 2.44. The highest BCUT2D eigenvalue weighted by Gasteiger charge is 2.25. The lowest BCUT2D eigenvalue weighted by Crippen LogP contribution is -2.44. The number of carbonyl (C=O) groups excluding carboxylic acids is 1. The van der Waals surface area contributed by atoms with Gasteiger partial charge in [0.15, 0.2) is 6.61 Å². The van der Waals surface area contributed by atoms with Gasteiger partial charge in [0.05, 0.1) is 5.56 Å². The van der Waals surface area contributed by atoms with E-state index >= 15 is 0 Å². The molecule has 0 spiro atoms. The Morgan fingerprint density at radius 3 is 2.65 bits per heavy atom. The van der Waals surface area contributed by atoms with Crippen molar-refractivity contribution in [1.29, 1.82) is 5.26 Å². The maximum Gasteiger partial charge on any atom is 0.260 e. The SMILES string of the molecule is C[C@H]1C[C@H](C)CN(C(=O)COc2ccccc2C#N)C1. The third-order valence-corrected chi connectivity index (χ3v) is 3.58. The molecule has 1 amide bonds. The summed E-state index contributed by atoms with van der Waals surface area (Å²) >= 11 is 0. The van der Waals surface area contributed by atoms with E-state index in [1.807, 2.05) is 4.90 Å². The maximum absolute atomic E-state index is 12.2. The van der Waals surface area contributed by atoms with E-state index in [0.29, 0.717) is 23.1 Å². The summed E-state index contributed by atoms with van der Waals surface area (Å²) in [6, 6.07) is 9.04. The maximum atomic E-state index is 12.2. The summed E-state index contributed by atoms with van der Waals surface area (Å²) in [4.78, 5) is 14.0. The first kappa shape index (κ1) is 14.4. The van der Waals surface area contributed by atoms with Crippen LogP contribution in [0.25, 0.3) is 0 Å². The quantitative estimate of drug-likeness (QED) is 0.849. The van der Waals surface area contributed by atoms with Gasteiger partial charge in [-0.15, -0.1) is 0 Å². The first-order valence-electron chi connectivity index (χ1n) is 7.00. The van der Waals surface area contributed by atoms with Crippen LogP contribution in [-0.4, -0.2) is 30.5 Å². The number of likely N-dealkylation sites (tertiary alicyclic amines) is 1. The minimum absolute atomic E-state index is 0.00185. The third-order valence-electron chi connectivity index (χ3n) is 3.58. The standard InChI is InChI=1S/C16H20N2O2/c1-12-7-13(2)10-18(9-12)16(19)11-20-15-6-4-3-5-14(15)8-17/h3-6,12-13H,7,9-11H2,1-2H3/t12-,13-/m0/s1. The van der Waals surface area contributed by atoms with Crippen LogP contribution < -0.4 is 4.74 Å². The molecule has 0 bridgehead atoms. The van der Waals surface area contributed by atoms with Crippen LogP contribution in [-0.2, 0) is 4.79 Å². The van der Waals surface area contributed by atoms with Crippen molar-refractivity contribution in [3.8, 4) is 11.8 Å². The third kappa shape index (κ3) is 3.51. The van der Waals surface area contributed by atoms with Gasteiger partial charge in [0.25, 0.3) is 5.91 Å². The molecule has 106 valence electrons. The number of carbonyl (C=O) groups is 1. The molecular formula is C16H20N2O2. The lowest BCUT2D eigenvalue weighted by atomic mass is 9.92. The number of amides is 1. The summed E-state index contributed by atoms with van der Waals surface area (Å²) in [5.41, 5.74) is 0.459. The van der Waals surface area contributed by atoms with Crippen molar-refractivity contribution in [2.75, 3.05) is 19.7 Å². The van der Waals surface area contributed by atoms with Crippen LogP contribution in [0.3, 0.4) is 0 Å². The number of rotatable bonds is 3. The average Bonchev–Trinajstić information content (AvgIpc) is 2.44. The van der Waals surface area contributed by atoms with E-state index in [1.165, 1.54) is 6.42 Å². The van der Waals surface area contributed by atoms with Gasteiger partial charge < -0.3 is 9.64 Å². The smallest absolute Gasteiger partial charge is 0.260 e. The minimum Gasteiger partial charge on any atom is -0.482 e. The number of hydrogen-bond donors (Lipinski definition) is 0. The number of benzene rings is 1. The number of ether oxygens (including phenoxy) is 1. The molecule has 1 aromatic rings. The summed E-state index contributed by atoms with van der Waals surface area (Å²) in [6.45, 7) is 5.93. The van der Waals surface area contributed by atoms with Crippen molar-refractivity contribution < 1.29 is 9.53 Å². The first-order chi connectivity index (χ1) is 9.60. The first-order valence-corrected chi connectivity index (χ1v) is 7.00. The molecule has 2 rings (SSSR count). The second kappa shape index (κ2) is 6.42. The zero-order valence-electron chi connectivity index (χ0n) is 12.0. The van der Waals surface area contributed by atoms with Crippen molar-refractivity contribution in [1.82, 2.24) is 4.90 Å². The molecule has 1 fully saturated rings. The normalized spacial score (nSPS) is 22.1. The summed E-state index contributed by atoms with van der Waals surface area (Å²) in [5, 5.41) is 8.98. The van der Waals surface area contributed by atoms with Gasteiger partial charge in [-0.2, -0.15) is 5.26 Å². The highest BCUT2D eigenvalue weighted by Crippen LogP contribution is 2.21. The molecule has 0 aromatic heterocycles. The van der Waals surface area contributed by atoms with Crippen molar-refractivity contribution >= 4 is 5.91 Å². The molecule has 20 heavy (non-hydrogen) atoms. The van der Waals surface area contributed by atoms with Gasteiger partial charge >= 0.3 is 0 Å². The molecule has 0 aliphatic carbocycles. The largest absolute Gasteiger partial charge is 0.482 e. The van der Waals surface area contributed by atoms with Crippen LogP contribution in [0, 0.1) is 23.2 Å². The second-order valence-electron chi connectivity index (χ2n) is 5.64. The van der Waals surface area contributed by atoms with Crippen molar-refractivity contribution in [3.05, 3.63) is 29.8 Å². The molecule has 1 heterocycles. The highest BCUT2D eigenvalue weighted by molar-refractivity contribution is 5.78. The predicted molar refractivity (Wildman–Crippen MR) is 76.2 cm³/mol. The lowest BCUT2D eigenvalue weighted by molar-refractivity contribution is -0.136. The topological polar surface area (TPSA) is 53.3 Å².